The molecule has 2 aromatic rings. The zero-order valence-electron chi connectivity index (χ0n) is 20.0. The summed E-state index contributed by atoms with van der Waals surface area (Å²) in [6.07, 6.45) is 1.70. The summed E-state index contributed by atoms with van der Waals surface area (Å²) in [7, 11) is 0. The molecule has 0 radical (unpaired) electrons. The van der Waals surface area contributed by atoms with Gasteiger partial charge >= 0.3 is 5.69 Å². The Morgan fingerprint density at radius 1 is 1.34 bits per heavy atom. The van der Waals surface area contributed by atoms with E-state index in [9.17, 15) is 14.9 Å². The van der Waals surface area contributed by atoms with Crippen LogP contribution in [0.15, 0.2) is 24.4 Å². The van der Waals surface area contributed by atoms with E-state index in [1.165, 1.54) is 17.5 Å². The second kappa shape index (κ2) is 10.3. The first kappa shape index (κ1) is 25.6. The van der Waals surface area contributed by atoms with E-state index in [1.54, 1.807) is 19.9 Å². The van der Waals surface area contributed by atoms with E-state index in [2.05, 4.69) is 20.9 Å². The van der Waals surface area contributed by atoms with Crippen LogP contribution in [-0.2, 0) is 20.7 Å². The molecule has 2 aliphatic rings. The van der Waals surface area contributed by atoms with Gasteiger partial charge in [-0.25, -0.2) is 4.98 Å². The molecule has 0 spiro atoms. The maximum absolute atomic E-state index is 12.7. The van der Waals surface area contributed by atoms with Crippen molar-refractivity contribution in [2.24, 2.45) is 5.92 Å². The minimum atomic E-state index is -0.858. The van der Waals surface area contributed by atoms with Crippen molar-refractivity contribution in [1.82, 2.24) is 10.3 Å². The summed E-state index contributed by atoms with van der Waals surface area (Å²) >= 11 is 7.51. The summed E-state index contributed by atoms with van der Waals surface area (Å²) in [6.45, 7) is 7.91. The Hall–Kier alpha value is -2.47. The number of aromatic nitrogens is 1. The fourth-order valence-corrected chi connectivity index (χ4v) is 6.02. The fourth-order valence-electron chi connectivity index (χ4n) is 4.80. The molecule has 1 amide bonds. The summed E-state index contributed by atoms with van der Waals surface area (Å²) < 4.78 is 12.8. The average molecular weight is 524 g/mol. The van der Waals surface area contributed by atoms with Crippen LogP contribution < -0.4 is 16.0 Å². The second-order valence-electron chi connectivity index (χ2n) is 9.32. The monoisotopic (exact) mass is 523 g/mol. The van der Waals surface area contributed by atoms with E-state index < -0.39 is 28.8 Å². The summed E-state index contributed by atoms with van der Waals surface area (Å²) in [6, 6.07) is 4.91. The van der Waals surface area contributed by atoms with Crippen LogP contribution in [0.1, 0.15) is 39.0 Å². The molecular weight excluding hydrogens is 494 g/mol. The Kier molecular flexibility index (Phi) is 7.51. The van der Waals surface area contributed by atoms with Crippen molar-refractivity contribution in [3.63, 3.8) is 0 Å². The molecule has 190 valence electrons. The molecule has 0 aromatic carbocycles. The van der Waals surface area contributed by atoms with Crippen molar-refractivity contribution in [1.29, 1.82) is 0 Å². The van der Waals surface area contributed by atoms with Gasteiger partial charge in [0, 0.05) is 30.1 Å². The molecule has 1 saturated carbocycles. The summed E-state index contributed by atoms with van der Waals surface area (Å²) in [5.74, 6) is -1.28. The van der Waals surface area contributed by atoms with Crippen LogP contribution in [0.2, 0.25) is 4.34 Å². The highest BCUT2D eigenvalue weighted by Crippen LogP contribution is 2.44. The number of fused-ring (bicyclic) bond motifs is 1. The summed E-state index contributed by atoms with van der Waals surface area (Å²) in [5, 5.41) is 21.4. The van der Waals surface area contributed by atoms with Crippen molar-refractivity contribution in [2.75, 3.05) is 17.2 Å². The van der Waals surface area contributed by atoms with Gasteiger partial charge < -0.3 is 25.4 Å². The van der Waals surface area contributed by atoms with Crippen molar-refractivity contribution in [3.8, 4) is 0 Å². The number of thiophene rings is 1. The predicted octanol–water partition coefficient (Wildman–Crippen LogP) is 4.20. The molecule has 1 aliphatic carbocycles. The molecule has 3 heterocycles. The number of nitrogens with zero attached hydrogens (tertiary/aromatic N) is 2. The largest absolute Gasteiger partial charge is 0.377 e. The molecule has 5 atom stereocenters. The Morgan fingerprint density at radius 3 is 2.74 bits per heavy atom. The maximum atomic E-state index is 12.7. The topological polar surface area (TPSA) is 128 Å². The maximum Gasteiger partial charge on any atom is 0.334 e. The molecule has 35 heavy (non-hydrogen) atoms. The predicted molar refractivity (Wildman–Crippen MR) is 135 cm³/mol. The number of hydrogen-bond donors (Lipinski definition) is 3. The summed E-state index contributed by atoms with van der Waals surface area (Å²) in [5.41, 5.74) is 0.209. The number of carbonyl (C=O) groups excluding carboxylic acids is 1. The third kappa shape index (κ3) is 5.69. The van der Waals surface area contributed by atoms with Gasteiger partial charge in [0.25, 0.3) is 0 Å². The molecule has 10 nitrogen and oxygen atoms in total. The highest BCUT2D eigenvalue weighted by molar-refractivity contribution is 7.16. The van der Waals surface area contributed by atoms with E-state index in [0.29, 0.717) is 29.4 Å². The number of anilines is 2. The molecule has 1 saturated heterocycles. The standard InChI is InChI=1S/C23H30ClN5O5S/c1-5-25-22(30)14-11-16(20-19(14)33-23(3,4)34-20)28-21-18(29(31)32)15(8-9-26-21)27-12(2)10-13-6-7-17(24)35-13/h6-9,12,14,16,19-20H,5,10-11H2,1-4H3,(H,25,30)(H2,26,27,28)/t12-,14-,16+,19+,20-/m1/s1. The number of pyridine rings is 1. The average Bonchev–Trinajstić information content (AvgIpc) is 3.41. The minimum Gasteiger partial charge on any atom is -0.377 e. The molecule has 3 N–H and O–H groups in total. The molecule has 0 unspecified atom stereocenters. The first-order chi connectivity index (χ1) is 16.6. The number of carbonyl (C=O) groups is 1. The lowest BCUT2D eigenvalue weighted by Gasteiger charge is -2.24. The van der Waals surface area contributed by atoms with Crippen LogP contribution in [-0.4, -0.2) is 52.4 Å². The third-order valence-electron chi connectivity index (χ3n) is 6.12. The molecule has 1 aliphatic heterocycles. The lowest BCUT2D eigenvalue weighted by Crippen LogP contribution is -2.37. The first-order valence-corrected chi connectivity index (χ1v) is 12.8. The van der Waals surface area contributed by atoms with Gasteiger partial charge in [0.15, 0.2) is 5.79 Å². The van der Waals surface area contributed by atoms with Gasteiger partial charge in [-0.1, -0.05) is 11.6 Å². The lowest BCUT2D eigenvalue weighted by molar-refractivity contribution is -0.383. The normalized spacial score (nSPS) is 25.6. The van der Waals surface area contributed by atoms with E-state index >= 15 is 0 Å². The molecule has 0 bridgehead atoms. The van der Waals surface area contributed by atoms with Crippen molar-refractivity contribution >= 4 is 46.0 Å². The number of hydrogen-bond acceptors (Lipinski definition) is 9. The van der Waals surface area contributed by atoms with Crippen LogP contribution in [0, 0.1) is 16.0 Å². The van der Waals surface area contributed by atoms with Gasteiger partial charge in [-0.3, -0.25) is 14.9 Å². The highest BCUT2D eigenvalue weighted by Gasteiger charge is 2.56. The van der Waals surface area contributed by atoms with E-state index in [0.717, 1.165) is 4.88 Å². The van der Waals surface area contributed by atoms with Gasteiger partial charge in [-0.15, -0.1) is 11.3 Å². The fraction of sp³-hybridized carbons (Fsp3) is 0.565. The highest BCUT2D eigenvalue weighted by atomic mass is 35.5. The SMILES string of the molecule is CCNC(=O)[C@@H]1C[C@H](Nc2nccc(N[C@H](C)Cc3ccc(Cl)s3)c2[N+](=O)[O-])[C@H]2OC(C)(C)O[C@H]21. The first-order valence-electron chi connectivity index (χ1n) is 11.6. The summed E-state index contributed by atoms with van der Waals surface area (Å²) in [4.78, 5) is 29.7. The smallest absolute Gasteiger partial charge is 0.334 e. The van der Waals surface area contributed by atoms with Crippen LogP contribution in [0.25, 0.3) is 0 Å². The lowest BCUT2D eigenvalue weighted by atomic mass is 10.0. The number of halogens is 1. The van der Waals surface area contributed by atoms with E-state index in [1.807, 2.05) is 26.0 Å². The van der Waals surface area contributed by atoms with Crippen LogP contribution in [0.4, 0.5) is 17.2 Å². The number of nitro groups is 1. The number of nitrogens with one attached hydrogen (secondary N) is 3. The number of ether oxygens (including phenoxy) is 2. The van der Waals surface area contributed by atoms with Crippen molar-refractivity contribution < 1.29 is 19.2 Å². The van der Waals surface area contributed by atoms with Crippen LogP contribution in [0.3, 0.4) is 0 Å². The zero-order valence-corrected chi connectivity index (χ0v) is 21.6. The number of rotatable bonds is 9. The third-order valence-corrected chi connectivity index (χ3v) is 7.37. The Morgan fingerprint density at radius 2 is 2.09 bits per heavy atom. The molecular formula is C23H30ClN5O5S. The molecule has 2 fully saturated rings. The van der Waals surface area contributed by atoms with E-state index in [-0.39, 0.29) is 29.5 Å². The van der Waals surface area contributed by atoms with Crippen molar-refractivity contribution in [3.05, 3.63) is 43.7 Å². The Balaban J connectivity index is 1.55. The molecule has 12 heteroatoms. The van der Waals surface area contributed by atoms with Gasteiger partial charge in [0.1, 0.15) is 17.9 Å². The van der Waals surface area contributed by atoms with Gasteiger partial charge in [0.2, 0.25) is 11.7 Å². The van der Waals surface area contributed by atoms with Crippen LogP contribution >= 0.6 is 22.9 Å². The van der Waals surface area contributed by atoms with Gasteiger partial charge in [-0.2, -0.15) is 0 Å². The molecule has 4 rings (SSSR count). The Bertz CT molecular complexity index is 1100. The minimum absolute atomic E-state index is 0.0796. The zero-order chi connectivity index (χ0) is 25.3. The number of amides is 1. The van der Waals surface area contributed by atoms with Gasteiger partial charge in [0.05, 0.1) is 21.2 Å². The quantitative estimate of drug-likeness (QED) is 0.329. The van der Waals surface area contributed by atoms with Crippen molar-refractivity contribution in [2.45, 2.75) is 70.6 Å². The van der Waals surface area contributed by atoms with Crippen LogP contribution in [0.5, 0.6) is 0 Å². The van der Waals surface area contributed by atoms with E-state index in [4.69, 9.17) is 21.1 Å². The Labute approximate surface area is 212 Å². The molecule has 2 aromatic heterocycles. The second-order valence-corrected chi connectivity index (χ2v) is 11.1. The van der Waals surface area contributed by atoms with Gasteiger partial charge in [-0.05, 0) is 52.3 Å².